The van der Waals surface area contributed by atoms with Crippen LogP contribution in [0.4, 0.5) is 0 Å². The van der Waals surface area contributed by atoms with Gasteiger partial charge in [-0.15, -0.1) is 0 Å². The Hall–Kier alpha value is -1.71. The van der Waals surface area contributed by atoms with E-state index < -0.39 is 0 Å². The summed E-state index contributed by atoms with van der Waals surface area (Å²) in [5.41, 5.74) is 2.26. The standard InChI is InChI=1S/C17H20ClNO2/c1-13-3-6-16(7-4-13)20-9-10-21-17-8-5-15(18)11-14(17)12-19-2/h3-8,11,19H,9-10,12H2,1-2H3. The van der Waals surface area contributed by atoms with Gasteiger partial charge in [-0.3, -0.25) is 0 Å². The van der Waals surface area contributed by atoms with Crippen LogP contribution in [0, 0.1) is 6.92 Å². The van der Waals surface area contributed by atoms with E-state index in [0.29, 0.717) is 24.8 Å². The third-order valence-electron chi connectivity index (χ3n) is 3.02. The highest BCUT2D eigenvalue weighted by Crippen LogP contribution is 2.22. The molecule has 2 rings (SSSR count). The number of ether oxygens (including phenoxy) is 2. The van der Waals surface area contributed by atoms with E-state index in [1.807, 2.05) is 49.5 Å². The highest BCUT2D eigenvalue weighted by atomic mass is 35.5. The molecule has 4 heteroatoms. The van der Waals surface area contributed by atoms with E-state index in [1.165, 1.54) is 5.56 Å². The second kappa shape index (κ2) is 7.91. The van der Waals surface area contributed by atoms with Gasteiger partial charge >= 0.3 is 0 Å². The van der Waals surface area contributed by atoms with Crippen LogP contribution in [-0.2, 0) is 6.54 Å². The number of aryl methyl sites for hydroxylation is 1. The van der Waals surface area contributed by atoms with Crippen LogP contribution < -0.4 is 14.8 Å². The Kier molecular flexibility index (Phi) is 5.90. The molecular formula is C17H20ClNO2. The average Bonchev–Trinajstić information content (AvgIpc) is 2.48. The molecule has 112 valence electrons. The van der Waals surface area contributed by atoms with Crippen molar-refractivity contribution < 1.29 is 9.47 Å². The lowest BCUT2D eigenvalue weighted by Gasteiger charge is -2.12. The Labute approximate surface area is 130 Å². The smallest absolute Gasteiger partial charge is 0.124 e. The second-order valence-corrected chi connectivity index (χ2v) is 5.23. The maximum atomic E-state index is 6.00. The van der Waals surface area contributed by atoms with Crippen LogP contribution in [0.2, 0.25) is 5.02 Å². The minimum atomic E-state index is 0.492. The zero-order valence-corrected chi connectivity index (χ0v) is 13.1. The molecule has 2 aromatic rings. The van der Waals surface area contributed by atoms with Crippen molar-refractivity contribution in [2.24, 2.45) is 0 Å². The highest BCUT2D eigenvalue weighted by Gasteiger charge is 2.04. The van der Waals surface area contributed by atoms with Crippen molar-refractivity contribution in [1.29, 1.82) is 0 Å². The molecule has 0 aliphatic carbocycles. The summed E-state index contributed by atoms with van der Waals surface area (Å²) in [6, 6.07) is 13.6. The Morgan fingerprint density at radius 1 is 1.00 bits per heavy atom. The van der Waals surface area contributed by atoms with E-state index in [4.69, 9.17) is 21.1 Å². The number of nitrogens with one attached hydrogen (secondary N) is 1. The Bertz CT molecular complexity index is 570. The molecule has 0 saturated carbocycles. The van der Waals surface area contributed by atoms with Crippen molar-refractivity contribution in [3.63, 3.8) is 0 Å². The summed E-state index contributed by atoms with van der Waals surface area (Å²) in [6.07, 6.45) is 0. The van der Waals surface area contributed by atoms with Gasteiger partial charge in [-0.2, -0.15) is 0 Å². The van der Waals surface area contributed by atoms with Crippen LogP contribution in [0.15, 0.2) is 42.5 Å². The van der Waals surface area contributed by atoms with Gasteiger partial charge in [0, 0.05) is 17.1 Å². The first-order valence-electron chi connectivity index (χ1n) is 6.94. The van der Waals surface area contributed by atoms with Crippen molar-refractivity contribution in [3.05, 3.63) is 58.6 Å². The summed E-state index contributed by atoms with van der Waals surface area (Å²) < 4.78 is 11.4. The molecule has 0 heterocycles. The van der Waals surface area contributed by atoms with Gasteiger partial charge in [0.05, 0.1) is 0 Å². The van der Waals surface area contributed by atoms with Crippen molar-refractivity contribution in [1.82, 2.24) is 5.32 Å². The molecule has 0 aromatic heterocycles. The van der Waals surface area contributed by atoms with Crippen molar-refractivity contribution in [2.45, 2.75) is 13.5 Å². The summed E-state index contributed by atoms with van der Waals surface area (Å²) in [7, 11) is 1.89. The number of halogens is 1. The number of rotatable bonds is 7. The van der Waals surface area contributed by atoms with E-state index in [-0.39, 0.29) is 0 Å². The second-order valence-electron chi connectivity index (χ2n) is 4.79. The SMILES string of the molecule is CNCc1cc(Cl)ccc1OCCOc1ccc(C)cc1. The summed E-state index contributed by atoms with van der Waals surface area (Å²) in [5, 5.41) is 3.81. The lowest BCUT2D eigenvalue weighted by molar-refractivity contribution is 0.215. The van der Waals surface area contributed by atoms with Gasteiger partial charge in [0.1, 0.15) is 24.7 Å². The first-order chi connectivity index (χ1) is 10.2. The lowest BCUT2D eigenvalue weighted by atomic mass is 10.2. The quantitative estimate of drug-likeness (QED) is 0.789. The predicted molar refractivity (Wildman–Crippen MR) is 86.4 cm³/mol. The molecule has 0 atom stereocenters. The van der Waals surface area contributed by atoms with Crippen LogP contribution >= 0.6 is 11.6 Å². The normalized spacial score (nSPS) is 10.4. The molecule has 0 saturated heterocycles. The molecule has 0 radical (unpaired) electrons. The van der Waals surface area contributed by atoms with Crippen molar-refractivity contribution in [3.8, 4) is 11.5 Å². The van der Waals surface area contributed by atoms with Gasteiger partial charge in [-0.05, 0) is 44.3 Å². The fourth-order valence-electron chi connectivity index (χ4n) is 1.96. The van der Waals surface area contributed by atoms with Crippen LogP contribution in [0.25, 0.3) is 0 Å². The molecular weight excluding hydrogens is 286 g/mol. The zero-order valence-electron chi connectivity index (χ0n) is 12.4. The average molecular weight is 306 g/mol. The number of hydrogen-bond acceptors (Lipinski definition) is 3. The molecule has 3 nitrogen and oxygen atoms in total. The van der Waals surface area contributed by atoms with E-state index in [1.54, 1.807) is 0 Å². The molecule has 0 amide bonds. The Morgan fingerprint density at radius 2 is 1.71 bits per heavy atom. The highest BCUT2D eigenvalue weighted by molar-refractivity contribution is 6.30. The van der Waals surface area contributed by atoms with E-state index >= 15 is 0 Å². The largest absolute Gasteiger partial charge is 0.490 e. The monoisotopic (exact) mass is 305 g/mol. The molecule has 0 unspecified atom stereocenters. The minimum Gasteiger partial charge on any atom is -0.490 e. The fraction of sp³-hybridized carbons (Fsp3) is 0.294. The maximum absolute atomic E-state index is 6.00. The molecule has 2 aromatic carbocycles. The predicted octanol–water partition coefficient (Wildman–Crippen LogP) is 3.83. The van der Waals surface area contributed by atoms with Crippen molar-refractivity contribution >= 4 is 11.6 Å². The molecule has 0 spiro atoms. The summed E-state index contributed by atoms with van der Waals surface area (Å²) in [4.78, 5) is 0. The lowest BCUT2D eigenvalue weighted by Crippen LogP contribution is -2.12. The van der Waals surface area contributed by atoms with Crippen LogP contribution in [0.1, 0.15) is 11.1 Å². The Morgan fingerprint density at radius 3 is 2.43 bits per heavy atom. The molecule has 21 heavy (non-hydrogen) atoms. The zero-order chi connectivity index (χ0) is 15.1. The maximum Gasteiger partial charge on any atom is 0.124 e. The van der Waals surface area contributed by atoms with E-state index in [0.717, 1.165) is 17.1 Å². The minimum absolute atomic E-state index is 0.492. The first-order valence-corrected chi connectivity index (χ1v) is 7.32. The molecule has 0 bridgehead atoms. The van der Waals surface area contributed by atoms with Gasteiger partial charge in [0.25, 0.3) is 0 Å². The van der Waals surface area contributed by atoms with Gasteiger partial charge in [0.2, 0.25) is 0 Å². The fourth-order valence-corrected chi connectivity index (χ4v) is 2.16. The van der Waals surface area contributed by atoms with Crippen molar-refractivity contribution in [2.75, 3.05) is 20.3 Å². The molecule has 0 fully saturated rings. The van der Waals surface area contributed by atoms with Gasteiger partial charge in [-0.1, -0.05) is 29.3 Å². The molecule has 1 N–H and O–H groups in total. The van der Waals surface area contributed by atoms with E-state index in [2.05, 4.69) is 12.2 Å². The van der Waals surface area contributed by atoms with E-state index in [9.17, 15) is 0 Å². The van der Waals surface area contributed by atoms with Crippen LogP contribution in [-0.4, -0.2) is 20.3 Å². The van der Waals surface area contributed by atoms with Crippen LogP contribution in [0.5, 0.6) is 11.5 Å². The molecule has 0 aliphatic rings. The van der Waals surface area contributed by atoms with Crippen LogP contribution in [0.3, 0.4) is 0 Å². The molecule has 0 aliphatic heterocycles. The third-order valence-corrected chi connectivity index (χ3v) is 3.26. The van der Waals surface area contributed by atoms with Gasteiger partial charge in [0.15, 0.2) is 0 Å². The Balaban J connectivity index is 1.84. The first kappa shape index (κ1) is 15.7. The summed E-state index contributed by atoms with van der Waals surface area (Å²) >= 11 is 6.00. The summed E-state index contributed by atoms with van der Waals surface area (Å²) in [6.45, 7) is 3.77. The third kappa shape index (κ3) is 4.96. The number of hydrogen-bond donors (Lipinski definition) is 1. The topological polar surface area (TPSA) is 30.5 Å². The number of benzene rings is 2. The van der Waals surface area contributed by atoms with Gasteiger partial charge < -0.3 is 14.8 Å². The van der Waals surface area contributed by atoms with Gasteiger partial charge in [-0.25, -0.2) is 0 Å². The summed E-state index contributed by atoms with van der Waals surface area (Å²) in [5.74, 6) is 1.69.